The van der Waals surface area contributed by atoms with Gasteiger partial charge in [0.2, 0.25) is 0 Å². The van der Waals surface area contributed by atoms with Gasteiger partial charge in [-0.25, -0.2) is 15.0 Å². The summed E-state index contributed by atoms with van der Waals surface area (Å²) in [6.07, 6.45) is 0. The highest BCUT2D eigenvalue weighted by molar-refractivity contribution is 6.13. The summed E-state index contributed by atoms with van der Waals surface area (Å²) in [4.78, 5) is 15.7. The van der Waals surface area contributed by atoms with Gasteiger partial charge in [-0.3, -0.25) is 0 Å². The molecule has 0 radical (unpaired) electrons. The van der Waals surface area contributed by atoms with E-state index in [9.17, 15) is 0 Å². The minimum Gasteiger partial charge on any atom is -0.456 e. The maximum absolute atomic E-state index is 6.75. The lowest BCUT2D eigenvalue weighted by Gasteiger charge is -2.15. The highest BCUT2D eigenvalue weighted by atomic mass is 16.3. The van der Waals surface area contributed by atoms with Crippen LogP contribution in [0.5, 0.6) is 0 Å². The van der Waals surface area contributed by atoms with Crippen molar-refractivity contribution >= 4 is 43.7 Å². The van der Waals surface area contributed by atoms with Crippen LogP contribution in [-0.4, -0.2) is 19.5 Å². The number of nitrogens with zero attached hydrogens (tertiary/aromatic N) is 4. The Morgan fingerprint density at radius 3 is 1.15 bits per heavy atom. The van der Waals surface area contributed by atoms with Gasteiger partial charge in [-0.05, 0) is 159 Å². The van der Waals surface area contributed by atoms with Crippen molar-refractivity contribution in [3.63, 3.8) is 0 Å². The van der Waals surface area contributed by atoms with Crippen molar-refractivity contribution in [3.8, 4) is 107 Å². The first-order valence-electron chi connectivity index (χ1n) is 29.7. The molecule has 1 aliphatic carbocycles. The Hall–Kier alpha value is -11.5. The molecular formula is C82H52N4O. The number of fused-ring (bicyclic) bond motifs is 9. The zero-order valence-corrected chi connectivity index (χ0v) is 47.2. The molecule has 1 unspecified atom stereocenters. The smallest absolute Gasteiger partial charge is 0.135 e. The quantitative estimate of drug-likeness (QED) is 0.137. The summed E-state index contributed by atoms with van der Waals surface area (Å²) in [6.45, 7) is 0. The SMILES string of the molecule is c1ccc(-c2cccc(-c3ccc4c(c3)-c3cc(-c5cccc(-c6ccccc6)n5)ccc3C4c3ccc4oc5ccc(-n6c7ccc(-c8cccc(-c9ccccc9)n8)cc7c7cc(-c8cccc(-c9ccccc9)n8)ccc76)cc5c4c3)c2)cc1. The standard InChI is InChI=1S/C82H52N4O/c1-5-17-52(18-6-1)56-25-13-26-57(45-56)58-33-39-64-66(46-58)67-47-59(75-30-14-27-72(83-75)53-19-7-2-8-20-53)34-40-65(67)82(64)62-37-43-80-70(50-62)71-51-63(38-44-81(71)87-80)86-78-41-35-60(76-31-15-28-73(84-76)54-21-9-3-10-22-54)48-68(78)69-49-61(36-42-79(69)86)77-32-16-29-74(85-77)55-23-11-4-12-24-55/h1-51,82H. The van der Waals surface area contributed by atoms with Crippen LogP contribution >= 0.6 is 0 Å². The molecule has 5 heterocycles. The van der Waals surface area contributed by atoms with Crippen molar-refractivity contribution in [3.05, 3.63) is 326 Å². The van der Waals surface area contributed by atoms with Gasteiger partial charge in [-0.1, -0.05) is 200 Å². The summed E-state index contributed by atoms with van der Waals surface area (Å²) in [7, 11) is 0. The Morgan fingerprint density at radius 2 is 0.632 bits per heavy atom. The van der Waals surface area contributed by atoms with Gasteiger partial charge in [0.1, 0.15) is 11.2 Å². The fourth-order valence-electron chi connectivity index (χ4n) is 13.3. The highest BCUT2D eigenvalue weighted by Crippen LogP contribution is 2.51. The lowest BCUT2D eigenvalue weighted by Crippen LogP contribution is -1.99. The number of hydrogen-bond donors (Lipinski definition) is 0. The van der Waals surface area contributed by atoms with E-state index >= 15 is 0 Å². The number of hydrogen-bond acceptors (Lipinski definition) is 4. The Bertz CT molecular complexity index is 5070. The molecule has 5 nitrogen and oxygen atoms in total. The summed E-state index contributed by atoms with van der Waals surface area (Å²) >= 11 is 0. The van der Waals surface area contributed by atoms with Gasteiger partial charge >= 0.3 is 0 Å². The van der Waals surface area contributed by atoms with E-state index < -0.39 is 0 Å². The van der Waals surface area contributed by atoms with Crippen molar-refractivity contribution in [1.29, 1.82) is 0 Å². The number of pyridine rings is 3. The van der Waals surface area contributed by atoms with E-state index in [2.05, 4.69) is 296 Å². The Labute approximate surface area is 503 Å². The number of aromatic nitrogens is 4. The van der Waals surface area contributed by atoms with Crippen molar-refractivity contribution in [2.24, 2.45) is 0 Å². The molecule has 0 amide bonds. The predicted molar refractivity (Wildman–Crippen MR) is 358 cm³/mol. The molecule has 1 aliphatic rings. The highest BCUT2D eigenvalue weighted by Gasteiger charge is 2.32. The predicted octanol–water partition coefficient (Wildman–Crippen LogP) is 21.4. The van der Waals surface area contributed by atoms with Crippen molar-refractivity contribution in [1.82, 2.24) is 19.5 Å². The van der Waals surface area contributed by atoms with Gasteiger partial charge < -0.3 is 8.98 Å². The van der Waals surface area contributed by atoms with Gasteiger partial charge in [0, 0.05) is 66.5 Å². The molecule has 0 N–H and O–H groups in total. The van der Waals surface area contributed by atoms with Crippen LogP contribution in [0.25, 0.3) is 150 Å². The van der Waals surface area contributed by atoms with Crippen LogP contribution < -0.4 is 0 Å². The van der Waals surface area contributed by atoms with Gasteiger partial charge in [0.05, 0.1) is 45.2 Å². The molecule has 0 aliphatic heterocycles. The lowest BCUT2D eigenvalue weighted by atomic mass is 9.87. The Balaban J connectivity index is 0.802. The van der Waals surface area contributed by atoms with Crippen LogP contribution in [0.4, 0.5) is 0 Å². The normalized spacial score (nSPS) is 12.7. The molecule has 406 valence electrons. The van der Waals surface area contributed by atoms with Gasteiger partial charge in [-0.15, -0.1) is 0 Å². The van der Waals surface area contributed by atoms with Crippen LogP contribution in [0.1, 0.15) is 22.6 Å². The van der Waals surface area contributed by atoms with Crippen LogP contribution in [0.3, 0.4) is 0 Å². The van der Waals surface area contributed by atoms with E-state index in [-0.39, 0.29) is 5.92 Å². The fraction of sp³-hybridized carbons (Fsp3) is 0.0122. The summed E-state index contributed by atoms with van der Waals surface area (Å²) in [5.41, 5.74) is 27.9. The number of rotatable bonds is 10. The molecule has 5 heteroatoms. The maximum atomic E-state index is 6.75. The molecule has 0 fully saturated rings. The molecule has 0 saturated heterocycles. The second-order valence-corrected chi connectivity index (χ2v) is 22.6. The molecule has 1 atom stereocenters. The number of benzene rings is 11. The van der Waals surface area contributed by atoms with E-state index in [1.807, 2.05) is 18.2 Å². The minimum absolute atomic E-state index is 0.0265. The fourth-order valence-corrected chi connectivity index (χ4v) is 13.3. The number of furan rings is 1. The molecule has 11 aromatic carbocycles. The summed E-state index contributed by atoms with van der Waals surface area (Å²) in [5.74, 6) is -0.0265. The van der Waals surface area contributed by atoms with Crippen LogP contribution in [-0.2, 0) is 0 Å². The molecular weight excluding hydrogens is 1060 g/mol. The Morgan fingerprint density at radius 1 is 0.253 bits per heavy atom. The average Bonchev–Trinajstić information content (AvgIpc) is 1.71. The third-order valence-corrected chi connectivity index (χ3v) is 17.5. The van der Waals surface area contributed by atoms with E-state index in [4.69, 9.17) is 19.4 Å². The summed E-state index contributed by atoms with van der Waals surface area (Å²) < 4.78 is 9.15. The summed E-state index contributed by atoms with van der Waals surface area (Å²) in [5, 5.41) is 4.39. The zero-order valence-electron chi connectivity index (χ0n) is 47.2. The van der Waals surface area contributed by atoms with Gasteiger partial charge in [0.15, 0.2) is 0 Å². The molecule has 5 aromatic heterocycles. The first-order chi connectivity index (χ1) is 43.1. The van der Waals surface area contributed by atoms with Gasteiger partial charge in [-0.2, -0.15) is 0 Å². The second kappa shape index (κ2) is 20.7. The first-order valence-corrected chi connectivity index (χ1v) is 29.7. The lowest BCUT2D eigenvalue weighted by molar-refractivity contribution is 0.668. The van der Waals surface area contributed by atoms with E-state index in [1.54, 1.807) is 0 Å². The molecule has 87 heavy (non-hydrogen) atoms. The van der Waals surface area contributed by atoms with Crippen molar-refractivity contribution in [2.75, 3.05) is 0 Å². The first kappa shape index (κ1) is 50.0. The molecule has 0 spiro atoms. The maximum Gasteiger partial charge on any atom is 0.135 e. The Kier molecular flexibility index (Phi) is 11.9. The van der Waals surface area contributed by atoms with Crippen molar-refractivity contribution < 1.29 is 4.42 Å². The van der Waals surface area contributed by atoms with Gasteiger partial charge in [0.25, 0.3) is 0 Å². The minimum atomic E-state index is -0.0265. The molecule has 0 saturated carbocycles. The van der Waals surface area contributed by atoms with E-state index in [1.165, 1.54) is 50.1 Å². The molecule has 17 rings (SSSR count). The van der Waals surface area contributed by atoms with Crippen LogP contribution in [0.2, 0.25) is 0 Å². The molecule has 0 bridgehead atoms. The summed E-state index contributed by atoms with van der Waals surface area (Å²) in [6, 6.07) is 111. The zero-order chi connectivity index (χ0) is 57.4. The second-order valence-electron chi connectivity index (χ2n) is 22.6. The largest absolute Gasteiger partial charge is 0.456 e. The molecule has 16 aromatic rings. The average molecular weight is 1110 g/mol. The van der Waals surface area contributed by atoms with Crippen LogP contribution in [0.15, 0.2) is 314 Å². The van der Waals surface area contributed by atoms with Crippen molar-refractivity contribution in [2.45, 2.75) is 5.92 Å². The topological polar surface area (TPSA) is 56.7 Å². The third-order valence-electron chi connectivity index (χ3n) is 17.5. The van der Waals surface area contributed by atoms with Crippen LogP contribution in [0, 0.1) is 0 Å². The van der Waals surface area contributed by atoms with E-state index in [0.717, 1.165) is 117 Å². The third kappa shape index (κ3) is 8.83. The van der Waals surface area contributed by atoms with E-state index in [0.29, 0.717) is 0 Å². The monoisotopic (exact) mass is 1110 g/mol.